The lowest BCUT2D eigenvalue weighted by molar-refractivity contribution is 0.0984. The number of aryl methyl sites for hydroxylation is 1. The lowest BCUT2D eigenvalue weighted by Crippen LogP contribution is -2.29. The minimum Gasteiger partial charge on any atom is -0.306 e. The fourth-order valence-electron chi connectivity index (χ4n) is 3.14. The Hall–Kier alpha value is -2.88. The van der Waals surface area contributed by atoms with Crippen LogP contribution in [-0.2, 0) is 13.5 Å². The molecule has 0 N–H and O–H groups in total. The highest BCUT2D eigenvalue weighted by molar-refractivity contribution is 6.06. The zero-order valence-corrected chi connectivity index (χ0v) is 12.9. The molecular weight excluding hydrogens is 286 g/mol. The van der Waals surface area contributed by atoms with Crippen LogP contribution in [0.2, 0.25) is 0 Å². The van der Waals surface area contributed by atoms with Crippen LogP contribution in [0.25, 0.3) is 11.3 Å². The molecule has 1 aliphatic rings. The Bertz CT molecular complexity index is 867. The van der Waals surface area contributed by atoms with Crippen molar-refractivity contribution in [3.8, 4) is 11.3 Å². The average molecular weight is 303 g/mol. The van der Waals surface area contributed by atoms with Crippen molar-refractivity contribution >= 4 is 11.6 Å². The number of aromatic nitrogens is 2. The third-order valence-corrected chi connectivity index (χ3v) is 4.30. The lowest BCUT2D eigenvalue weighted by atomic mass is 10.1. The summed E-state index contributed by atoms with van der Waals surface area (Å²) in [4.78, 5) is 14.7. The number of para-hydroxylation sites is 1. The number of rotatable bonds is 2. The summed E-state index contributed by atoms with van der Waals surface area (Å²) >= 11 is 0. The largest absolute Gasteiger partial charge is 0.306 e. The zero-order chi connectivity index (χ0) is 15.8. The lowest BCUT2D eigenvalue weighted by Gasteiger charge is -2.15. The fraction of sp³-hybridized carbons (Fsp3) is 0.158. The molecule has 0 unspecified atom stereocenters. The van der Waals surface area contributed by atoms with E-state index in [1.165, 1.54) is 5.56 Å². The highest BCUT2D eigenvalue weighted by atomic mass is 16.2. The van der Waals surface area contributed by atoms with Crippen LogP contribution in [0.15, 0.2) is 60.7 Å². The van der Waals surface area contributed by atoms with Crippen molar-refractivity contribution in [1.29, 1.82) is 0 Å². The molecule has 2 heterocycles. The molecule has 0 fully saturated rings. The Balaban J connectivity index is 1.69. The summed E-state index contributed by atoms with van der Waals surface area (Å²) in [5, 5.41) is 4.43. The van der Waals surface area contributed by atoms with Gasteiger partial charge < -0.3 is 4.90 Å². The van der Waals surface area contributed by atoms with Crippen LogP contribution < -0.4 is 4.90 Å². The van der Waals surface area contributed by atoms with Gasteiger partial charge in [-0.2, -0.15) is 5.10 Å². The number of hydrogen-bond acceptors (Lipinski definition) is 2. The minimum atomic E-state index is -0.0345. The molecule has 1 aliphatic heterocycles. The van der Waals surface area contributed by atoms with Crippen molar-refractivity contribution in [1.82, 2.24) is 9.78 Å². The maximum Gasteiger partial charge on any atom is 0.278 e. The van der Waals surface area contributed by atoms with Crippen molar-refractivity contribution < 1.29 is 4.79 Å². The van der Waals surface area contributed by atoms with Crippen molar-refractivity contribution in [3.05, 3.63) is 71.9 Å². The first-order valence-electron chi connectivity index (χ1n) is 7.73. The smallest absolute Gasteiger partial charge is 0.278 e. The van der Waals surface area contributed by atoms with Gasteiger partial charge in [0.25, 0.3) is 5.91 Å². The van der Waals surface area contributed by atoms with Gasteiger partial charge >= 0.3 is 0 Å². The molecule has 0 atom stereocenters. The molecule has 0 saturated carbocycles. The first-order chi connectivity index (χ1) is 11.2. The summed E-state index contributed by atoms with van der Waals surface area (Å²) in [6, 6.07) is 19.9. The van der Waals surface area contributed by atoms with Crippen molar-refractivity contribution in [2.45, 2.75) is 6.42 Å². The van der Waals surface area contributed by atoms with Gasteiger partial charge in [0.15, 0.2) is 5.69 Å². The Kier molecular flexibility index (Phi) is 3.23. The molecule has 4 heteroatoms. The van der Waals surface area contributed by atoms with E-state index in [1.54, 1.807) is 4.68 Å². The van der Waals surface area contributed by atoms with Crippen LogP contribution in [-0.4, -0.2) is 22.2 Å². The number of carbonyl (C=O) groups excluding carboxylic acids is 1. The summed E-state index contributed by atoms with van der Waals surface area (Å²) in [5.74, 6) is -0.0345. The van der Waals surface area contributed by atoms with Crippen molar-refractivity contribution in [2.24, 2.45) is 7.05 Å². The number of benzene rings is 2. The van der Waals surface area contributed by atoms with Gasteiger partial charge in [-0.25, -0.2) is 0 Å². The summed E-state index contributed by atoms with van der Waals surface area (Å²) in [5.41, 5.74) is 4.72. The number of nitrogens with zero attached hydrogens (tertiary/aromatic N) is 3. The van der Waals surface area contributed by atoms with Crippen LogP contribution >= 0.6 is 0 Å². The number of hydrogen-bond donors (Lipinski definition) is 0. The minimum absolute atomic E-state index is 0.0345. The third kappa shape index (κ3) is 2.32. The van der Waals surface area contributed by atoms with Gasteiger partial charge in [0.1, 0.15) is 0 Å². The molecule has 0 radical (unpaired) electrons. The van der Waals surface area contributed by atoms with E-state index in [9.17, 15) is 4.79 Å². The van der Waals surface area contributed by atoms with Gasteiger partial charge in [-0.3, -0.25) is 9.48 Å². The van der Waals surface area contributed by atoms with Gasteiger partial charge in [-0.1, -0.05) is 48.5 Å². The van der Waals surface area contributed by atoms with E-state index in [4.69, 9.17) is 0 Å². The Morgan fingerprint density at radius 3 is 2.61 bits per heavy atom. The summed E-state index contributed by atoms with van der Waals surface area (Å²) in [7, 11) is 1.87. The van der Waals surface area contributed by atoms with Gasteiger partial charge in [0, 0.05) is 19.3 Å². The van der Waals surface area contributed by atoms with Crippen LogP contribution in [0, 0.1) is 0 Å². The maximum atomic E-state index is 12.9. The highest BCUT2D eigenvalue weighted by Crippen LogP contribution is 2.29. The molecule has 23 heavy (non-hydrogen) atoms. The van der Waals surface area contributed by atoms with Gasteiger partial charge in [-0.05, 0) is 29.7 Å². The summed E-state index contributed by atoms with van der Waals surface area (Å²) in [6.07, 6.45) is 0.903. The Labute approximate surface area is 135 Å². The van der Waals surface area contributed by atoms with E-state index < -0.39 is 0 Å². The molecule has 0 bridgehead atoms. The van der Waals surface area contributed by atoms with Gasteiger partial charge in [0.05, 0.1) is 5.69 Å². The summed E-state index contributed by atoms with van der Waals surface area (Å²) in [6.45, 7) is 0.718. The predicted octanol–water partition coefficient (Wildman–Crippen LogP) is 3.29. The maximum absolute atomic E-state index is 12.9. The van der Waals surface area contributed by atoms with Gasteiger partial charge in [0.2, 0.25) is 0 Å². The molecule has 114 valence electrons. The van der Waals surface area contributed by atoms with Crippen LogP contribution in [0.4, 0.5) is 5.69 Å². The van der Waals surface area contributed by atoms with Crippen LogP contribution in [0.5, 0.6) is 0 Å². The molecular formula is C19H17N3O. The predicted molar refractivity (Wildman–Crippen MR) is 90.5 cm³/mol. The van der Waals surface area contributed by atoms with Crippen molar-refractivity contribution in [2.75, 3.05) is 11.4 Å². The second kappa shape index (κ2) is 5.39. The number of anilines is 1. The zero-order valence-electron chi connectivity index (χ0n) is 12.9. The second-order valence-electron chi connectivity index (χ2n) is 5.74. The topological polar surface area (TPSA) is 38.1 Å². The molecule has 1 amide bonds. The van der Waals surface area contributed by atoms with Crippen LogP contribution in [0.1, 0.15) is 16.1 Å². The quantitative estimate of drug-likeness (QED) is 0.728. The second-order valence-corrected chi connectivity index (χ2v) is 5.74. The Morgan fingerprint density at radius 2 is 1.78 bits per heavy atom. The molecule has 0 spiro atoms. The van der Waals surface area contributed by atoms with E-state index in [0.717, 1.165) is 29.9 Å². The average Bonchev–Trinajstić information content (AvgIpc) is 3.19. The highest BCUT2D eigenvalue weighted by Gasteiger charge is 2.27. The molecule has 2 aromatic carbocycles. The fourth-order valence-corrected chi connectivity index (χ4v) is 3.14. The molecule has 3 aromatic rings. The molecule has 0 saturated heterocycles. The first-order valence-corrected chi connectivity index (χ1v) is 7.73. The summed E-state index contributed by atoms with van der Waals surface area (Å²) < 4.78 is 1.77. The SMILES string of the molecule is Cn1nc(C(=O)N2CCc3ccccc32)cc1-c1ccccc1. The molecule has 0 aliphatic carbocycles. The van der Waals surface area contributed by atoms with Crippen LogP contribution in [0.3, 0.4) is 0 Å². The number of carbonyl (C=O) groups is 1. The van der Waals surface area contributed by atoms with E-state index in [1.807, 2.05) is 66.5 Å². The number of fused-ring (bicyclic) bond motifs is 1. The normalized spacial score (nSPS) is 13.2. The first kappa shape index (κ1) is 13.8. The monoisotopic (exact) mass is 303 g/mol. The molecule has 4 rings (SSSR count). The number of amides is 1. The standard InChI is InChI=1S/C19H17N3O/c1-21-18(14-7-3-2-4-8-14)13-16(20-21)19(23)22-12-11-15-9-5-6-10-17(15)22/h2-10,13H,11-12H2,1H3. The van der Waals surface area contributed by atoms with Gasteiger partial charge in [-0.15, -0.1) is 0 Å². The van der Waals surface area contributed by atoms with E-state index in [0.29, 0.717) is 5.69 Å². The van der Waals surface area contributed by atoms with E-state index in [2.05, 4.69) is 11.2 Å². The Morgan fingerprint density at radius 1 is 1.04 bits per heavy atom. The molecule has 1 aromatic heterocycles. The van der Waals surface area contributed by atoms with E-state index >= 15 is 0 Å². The van der Waals surface area contributed by atoms with Crippen molar-refractivity contribution in [3.63, 3.8) is 0 Å². The third-order valence-electron chi connectivity index (χ3n) is 4.30. The molecule has 4 nitrogen and oxygen atoms in total. The van der Waals surface area contributed by atoms with E-state index in [-0.39, 0.29) is 5.91 Å².